The Morgan fingerprint density at radius 2 is 1.93 bits per heavy atom. The molecule has 4 nitrogen and oxygen atoms in total. The fraction of sp³-hybridized carbons (Fsp3) is 0.909. The molecule has 2 atom stereocenters. The molecule has 1 heterocycles. The summed E-state index contributed by atoms with van der Waals surface area (Å²) in [6, 6.07) is 0.840. The molecule has 1 aliphatic rings. The van der Waals surface area contributed by atoms with Gasteiger partial charge in [0.05, 0.1) is 5.92 Å². The predicted molar refractivity (Wildman–Crippen MR) is 59.9 cm³/mol. The van der Waals surface area contributed by atoms with Crippen LogP contribution in [0.1, 0.15) is 20.8 Å². The van der Waals surface area contributed by atoms with E-state index in [1.165, 1.54) is 0 Å². The zero-order valence-corrected chi connectivity index (χ0v) is 10.1. The summed E-state index contributed by atoms with van der Waals surface area (Å²) < 4.78 is 0. The minimum atomic E-state index is -0.679. The highest BCUT2D eigenvalue weighted by Crippen LogP contribution is 2.16. The molecule has 0 radical (unpaired) electrons. The van der Waals surface area contributed by atoms with Gasteiger partial charge in [0.25, 0.3) is 0 Å². The van der Waals surface area contributed by atoms with Gasteiger partial charge in [0.15, 0.2) is 0 Å². The first-order chi connectivity index (χ1) is 6.91. The van der Waals surface area contributed by atoms with Gasteiger partial charge < -0.3 is 10.0 Å². The van der Waals surface area contributed by atoms with Crippen LogP contribution in [-0.2, 0) is 4.79 Å². The maximum atomic E-state index is 11.1. The number of hydrogen-bond donors (Lipinski definition) is 1. The molecule has 1 aliphatic heterocycles. The van der Waals surface area contributed by atoms with E-state index in [2.05, 4.69) is 30.6 Å². The normalized spacial score (nSPS) is 30.5. The molecule has 1 N–H and O–H groups in total. The minimum Gasteiger partial charge on any atom is -0.481 e. The quantitative estimate of drug-likeness (QED) is 0.736. The Labute approximate surface area is 91.9 Å². The summed E-state index contributed by atoms with van der Waals surface area (Å²) in [4.78, 5) is 15.5. The van der Waals surface area contributed by atoms with Crippen LogP contribution < -0.4 is 0 Å². The van der Waals surface area contributed by atoms with Crippen LogP contribution in [0.4, 0.5) is 0 Å². The highest BCUT2D eigenvalue weighted by Gasteiger charge is 2.30. The molecule has 2 unspecified atom stereocenters. The standard InChI is InChI=1S/C11H22N2O2/c1-8(2)13-7-10(11(14)15)6-12(4)5-9(13)3/h8-10H,5-7H2,1-4H3,(H,14,15). The Morgan fingerprint density at radius 1 is 1.33 bits per heavy atom. The number of hydrogen-bond acceptors (Lipinski definition) is 3. The molecule has 0 amide bonds. The van der Waals surface area contributed by atoms with E-state index >= 15 is 0 Å². The van der Waals surface area contributed by atoms with Crippen molar-refractivity contribution in [1.29, 1.82) is 0 Å². The Hall–Kier alpha value is -0.610. The van der Waals surface area contributed by atoms with Crippen molar-refractivity contribution >= 4 is 5.97 Å². The second-order valence-corrected chi connectivity index (χ2v) is 4.90. The average molecular weight is 214 g/mol. The number of carboxylic acid groups (broad SMARTS) is 1. The third-order valence-corrected chi connectivity index (χ3v) is 3.12. The minimum absolute atomic E-state index is 0.262. The summed E-state index contributed by atoms with van der Waals surface area (Å²) in [5.41, 5.74) is 0. The fourth-order valence-electron chi connectivity index (χ4n) is 2.37. The molecule has 0 aromatic rings. The third kappa shape index (κ3) is 3.18. The first-order valence-corrected chi connectivity index (χ1v) is 5.59. The molecule has 1 rings (SSSR count). The topological polar surface area (TPSA) is 43.8 Å². The van der Waals surface area contributed by atoms with Crippen LogP contribution in [0.25, 0.3) is 0 Å². The Balaban J connectivity index is 2.76. The van der Waals surface area contributed by atoms with Gasteiger partial charge in [-0.15, -0.1) is 0 Å². The summed E-state index contributed by atoms with van der Waals surface area (Å²) in [5.74, 6) is -0.941. The summed E-state index contributed by atoms with van der Waals surface area (Å²) in [7, 11) is 2.00. The first kappa shape index (κ1) is 12.5. The first-order valence-electron chi connectivity index (χ1n) is 5.59. The maximum Gasteiger partial charge on any atom is 0.309 e. The molecule has 88 valence electrons. The van der Waals surface area contributed by atoms with Crippen molar-refractivity contribution in [1.82, 2.24) is 9.80 Å². The molecule has 0 bridgehead atoms. The van der Waals surface area contributed by atoms with Gasteiger partial charge in [0, 0.05) is 31.7 Å². The van der Waals surface area contributed by atoms with E-state index in [0.717, 1.165) is 6.54 Å². The lowest BCUT2D eigenvalue weighted by Gasteiger charge is -2.32. The van der Waals surface area contributed by atoms with Gasteiger partial charge in [-0.05, 0) is 27.8 Å². The Morgan fingerprint density at radius 3 is 2.40 bits per heavy atom. The molecule has 1 fully saturated rings. The zero-order chi connectivity index (χ0) is 11.6. The molecule has 4 heteroatoms. The van der Waals surface area contributed by atoms with Crippen molar-refractivity contribution in [3.63, 3.8) is 0 Å². The van der Waals surface area contributed by atoms with Gasteiger partial charge in [-0.3, -0.25) is 9.69 Å². The van der Waals surface area contributed by atoms with Gasteiger partial charge in [0.1, 0.15) is 0 Å². The average Bonchev–Trinajstić information content (AvgIpc) is 2.23. The van der Waals surface area contributed by atoms with Crippen molar-refractivity contribution in [3.8, 4) is 0 Å². The molecule has 0 aliphatic carbocycles. The van der Waals surface area contributed by atoms with Gasteiger partial charge >= 0.3 is 5.97 Å². The fourth-order valence-corrected chi connectivity index (χ4v) is 2.37. The lowest BCUT2D eigenvalue weighted by atomic mass is 10.1. The summed E-state index contributed by atoms with van der Waals surface area (Å²) in [6.45, 7) is 8.69. The Bertz CT molecular complexity index is 231. The van der Waals surface area contributed by atoms with E-state index in [-0.39, 0.29) is 5.92 Å². The molecule has 0 saturated carbocycles. The van der Waals surface area contributed by atoms with Crippen LogP contribution in [0.15, 0.2) is 0 Å². The van der Waals surface area contributed by atoms with Crippen LogP contribution in [0.5, 0.6) is 0 Å². The smallest absolute Gasteiger partial charge is 0.309 e. The lowest BCUT2D eigenvalue weighted by molar-refractivity contribution is -0.142. The monoisotopic (exact) mass is 214 g/mol. The molecule has 1 saturated heterocycles. The lowest BCUT2D eigenvalue weighted by Crippen LogP contribution is -2.43. The van der Waals surface area contributed by atoms with E-state index in [9.17, 15) is 4.79 Å². The number of nitrogens with zero attached hydrogens (tertiary/aromatic N) is 2. The zero-order valence-electron chi connectivity index (χ0n) is 10.1. The van der Waals surface area contributed by atoms with Crippen molar-refractivity contribution in [2.75, 3.05) is 26.7 Å². The second kappa shape index (κ2) is 4.94. The van der Waals surface area contributed by atoms with Crippen molar-refractivity contribution in [2.45, 2.75) is 32.9 Å². The summed E-state index contributed by atoms with van der Waals surface area (Å²) >= 11 is 0. The highest BCUT2D eigenvalue weighted by atomic mass is 16.4. The molecular weight excluding hydrogens is 192 g/mol. The number of rotatable bonds is 2. The Kier molecular flexibility index (Phi) is 4.11. The van der Waals surface area contributed by atoms with Crippen LogP contribution in [0.2, 0.25) is 0 Å². The number of carboxylic acids is 1. The van der Waals surface area contributed by atoms with Gasteiger partial charge in [-0.2, -0.15) is 0 Å². The predicted octanol–water partition coefficient (Wildman–Crippen LogP) is 0.732. The van der Waals surface area contributed by atoms with E-state index in [0.29, 0.717) is 25.2 Å². The number of carbonyl (C=O) groups is 1. The van der Waals surface area contributed by atoms with E-state index in [4.69, 9.17) is 5.11 Å². The van der Waals surface area contributed by atoms with E-state index < -0.39 is 5.97 Å². The molecule has 0 spiro atoms. The van der Waals surface area contributed by atoms with Crippen molar-refractivity contribution in [3.05, 3.63) is 0 Å². The van der Waals surface area contributed by atoms with Crippen molar-refractivity contribution < 1.29 is 9.90 Å². The summed E-state index contributed by atoms with van der Waals surface area (Å²) in [6.07, 6.45) is 0. The number of likely N-dealkylation sites (N-methyl/N-ethyl adjacent to an activating group) is 1. The second-order valence-electron chi connectivity index (χ2n) is 4.90. The number of aliphatic carboxylic acids is 1. The largest absolute Gasteiger partial charge is 0.481 e. The summed E-state index contributed by atoms with van der Waals surface area (Å²) in [5, 5.41) is 9.11. The van der Waals surface area contributed by atoms with E-state index in [1.54, 1.807) is 0 Å². The third-order valence-electron chi connectivity index (χ3n) is 3.12. The molecule has 0 aromatic carbocycles. The van der Waals surface area contributed by atoms with Gasteiger partial charge in [-0.1, -0.05) is 0 Å². The maximum absolute atomic E-state index is 11.1. The molecule has 0 aromatic heterocycles. The molecular formula is C11H22N2O2. The van der Waals surface area contributed by atoms with Gasteiger partial charge in [0.2, 0.25) is 0 Å². The molecule has 15 heavy (non-hydrogen) atoms. The van der Waals surface area contributed by atoms with Crippen LogP contribution in [0.3, 0.4) is 0 Å². The van der Waals surface area contributed by atoms with Gasteiger partial charge in [-0.25, -0.2) is 0 Å². The highest BCUT2D eigenvalue weighted by molar-refractivity contribution is 5.70. The van der Waals surface area contributed by atoms with Crippen LogP contribution >= 0.6 is 0 Å². The van der Waals surface area contributed by atoms with E-state index in [1.807, 2.05) is 7.05 Å². The van der Waals surface area contributed by atoms with Crippen molar-refractivity contribution in [2.24, 2.45) is 5.92 Å². The van der Waals surface area contributed by atoms with Crippen LogP contribution in [-0.4, -0.2) is 59.6 Å². The SMILES string of the molecule is CC(C)N1CC(C(=O)O)CN(C)CC1C. The van der Waals surface area contributed by atoms with Crippen LogP contribution in [0, 0.1) is 5.92 Å².